The third-order valence-electron chi connectivity index (χ3n) is 3.26. The van der Waals surface area contributed by atoms with E-state index in [9.17, 15) is 4.79 Å². The molecule has 2 aromatic carbocycles. The Morgan fingerprint density at radius 3 is 2.82 bits per heavy atom. The number of amides is 1. The minimum absolute atomic E-state index is 0.224. The quantitative estimate of drug-likeness (QED) is 0.534. The van der Waals surface area contributed by atoms with E-state index in [-0.39, 0.29) is 12.7 Å². The van der Waals surface area contributed by atoms with Gasteiger partial charge in [0.15, 0.2) is 11.5 Å². The van der Waals surface area contributed by atoms with Gasteiger partial charge in [-0.1, -0.05) is 12.1 Å². The Morgan fingerprint density at radius 2 is 2.00 bits per heavy atom. The standard InChI is InChI=1S/C16H15N3O3/c1-19(16(20)12-4-2-3-5-13(12)17)18-9-11-6-7-14-15(8-11)22-10-21-14/h2-9H,10,17H2,1H3/b18-9+. The summed E-state index contributed by atoms with van der Waals surface area (Å²) < 4.78 is 10.5. The summed E-state index contributed by atoms with van der Waals surface area (Å²) in [7, 11) is 1.58. The maximum absolute atomic E-state index is 12.3. The molecule has 0 spiro atoms. The first-order valence-corrected chi connectivity index (χ1v) is 6.71. The third-order valence-corrected chi connectivity index (χ3v) is 3.26. The summed E-state index contributed by atoms with van der Waals surface area (Å²) in [5.74, 6) is 1.11. The van der Waals surface area contributed by atoms with Crippen molar-refractivity contribution in [3.63, 3.8) is 0 Å². The number of carbonyl (C=O) groups is 1. The van der Waals surface area contributed by atoms with Gasteiger partial charge in [-0.15, -0.1) is 0 Å². The number of nitrogen functional groups attached to an aromatic ring is 1. The summed E-state index contributed by atoms with van der Waals surface area (Å²) in [6, 6.07) is 12.3. The first kappa shape index (κ1) is 13.9. The number of para-hydroxylation sites is 1. The molecule has 2 N–H and O–H groups in total. The maximum Gasteiger partial charge on any atom is 0.275 e. The van der Waals surface area contributed by atoms with Crippen molar-refractivity contribution in [2.75, 3.05) is 19.6 Å². The van der Waals surface area contributed by atoms with Crippen LogP contribution in [0.2, 0.25) is 0 Å². The Morgan fingerprint density at radius 1 is 1.23 bits per heavy atom. The summed E-state index contributed by atoms with van der Waals surface area (Å²) in [6.45, 7) is 0.224. The highest BCUT2D eigenvalue weighted by atomic mass is 16.7. The molecule has 1 heterocycles. The molecular formula is C16H15N3O3. The molecule has 3 rings (SSSR count). The van der Waals surface area contributed by atoms with Gasteiger partial charge in [0, 0.05) is 12.7 Å². The van der Waals surface area contributed by atoms with E-state index in [4.69, 9.17) is 15.2 Å². The first-order chi connectivity index (χ1) is 10.6. The van der Waals surface area contributed by atoms with Gasteiger partial charge in [0.1, 0.15) is 0 Å². The second kappa shape index (κ2) is 5.77. The number of fused-ring (bicyclic) bond motifs is 1. The highest BCUT2D eigenvalue weighted by molar-refractivity contribution is 5.99. The molecule has 0 aromatic heterocycles. The van der Waals surface area contributed by atoms with Crippen LogP contribution in [0.5, 0.6) is 11.5 Å². The largest absolute Gasteiger partial charge is 0.454 e. The summed E-state index contributed by atoms with van der Waals surface area (Å²) in [5, 5.41) is 5.39. The van der Waals surface area contributed by atoms with Crippen molar-refractivity contribution in [1.29, 1.82) is 0 Å². The topological polar surface area (TPSA) is 77.2 Å². The lowest BCUT2D eigenvalue weighted by Crippen LogP contribution is -2.22. The maximum atomic E-state index is 12.3. The van der Waals surface area contributed by atoms with E-state index < -0.39 is 0 Å². The lowest BCUT2D eigenvalue weighted by Gasteiger charge is -2.12. The summed E-state index contributed by atoms with van der Waals surface area (Å²) in [5.41, 5.74) is 7.46. The lowest BCUT2D eigenvalue weighted by molar-refractivity contribution is 0.0801. The van der Waals surface area contributed by atoms with E-state index in [1.165, 1.54) is 5.01 Å². The zero-order chi connectivity index (χ0) is 15.5. The Balaban J connectivity index is 1.75. The molecule has 0 saturated heterocycles. The number of nitrogens with zero attached hydrogens (tertiary/aromatic N) is 2. The molecule has 22 heavy (non-hydrogen) atoms. The molecule has 0 saturated carbocycles. The average molecular weight is 297 g/mol. The molecular weight excluding hydrogens is 282 g/mol. The highest BCUT2D eigenvalue weighted by Crippen LogP contribution is 2.32. The number of hydrogen-bond acceptors (Lipinski definition) is 5. The Kier molecular flexibility index (Phi) is 3.65. The Labute approximate surface area is 127 Å². The van der Waals surface area contributed by atoms with Crippen LogP contribution < -0.4 is 15.2 Å². The molecule has 1 aliphatic heterocycles. The summed E-state index contributed by atoms with van der Waals surface area (Å²) in [6.07, 6.45) is 1.58. The van der Waals surface area contributed by atoms with Crippen LogP contribution in [0.3, 0.4) is 0 Å². The van der Waals surface area contributed by atoms with Gasteiger partial charge < -0.3 is 15.2 Å². The molecule has 2 aromatic rings. The van der Waals surface area contributed by atoms with Crippen molar-refractivity contribution >= 4 is 17.8 Å². The van der Waals surface area contributed by atoms with Crippen LogP contribution in [-0.4, -0.2) is 31.0 Å². The third kappa shape index (κ3) is 2.71. The first-order valence-electron chi connectivity index (χ1n) is 6.71. The normalized spacial score (nSPS) is 12.6. The van der Waals surface area contributed by atoms with E-state index in [0.717, 1.165) is 5.56 Å². The molecule has 0 bridgehead atoms. The van der Waals surface area contributed by atoms with Crippen LogP contribution in [0.15, 0.2) is 47.6 Å². The second-order valence-electron chi connectivity index (χ2n) is 4.77. The minimum Gasteiger partial charge on any atom is -0.454 e. The molecule has 6 nitrogen and oxygen atoms in total. The average Bonchev–Trinajstić information content (AvgIpc) is 3.00. The number of rotatable bonds is 3. The van der Waals surface area contributed by atoms with Gasteiger partial charge in [-0.25, -0.2) is 5.01 Å². The van der Waals surface area contributed by atoms with Crippen molar-refractivity contribution in [1.82, 2.24) is 5.01 Å². The smallest absolute Gasteiger partial charge is 0.275 e. The number of anilines is 1. The van der Waals surface area contributed by atoms with Gasteiger partial charge in [0.05, 0.1) is 11.8 Å². The van der Waals surface area contributed by atoms with Crippen LogP contribution >= 0.6 is 0 Å². The van der Waals surface area contributed by atoms with Gasteiger partial charge in [0.2, 0.25) is 6.79 Å². The molecule has 1 amide bonds. The Hall–Kier alpha value is -3.02. The second-order valence-corrected chi connectivity index (χ2v) is 4.77. The SMILES string of the molecule is CN(/N=C/c1ccc2c(c1)OCO2)C(=O)c1ccccc1N. The zero-order valence-corrected chi connectivity index (χ0v) is 12.0. The molecule has 0 fully saturated rings. The number of ether oxygens (including phenoxy) is 2. The van der Waals surface area contributed by atoms with Crippen molar-refractivity contribution < 1.29 is 14.3 Å². The van der Waals surface area contributed by atoms with Gasteiger partial charge >= 0.3 is 0 Å². The summed E-state index contributed by atoms with van der Waals surface area (Å²) in [4.78, 5) is 12.3. The van der Waals surface area contributed by atoms with Gasteiger partial charge in [-0.2, -0.15) is 5.10 Å². The molecule has 0 unspecified atom stereocenters. The molecule has 112 valence electrons. The molecule has 0 aliphatic carbocycles. The monoisotopic (exact) mass is 297 g/mol. The lowest BCUT2D eigenvalue weighted by atomic mass is 10.1. The molecule has 0 radical (unpaired) electrons. The van der Waals surface area contributed by atoms with Crippen LogP contribution in [0.25, 0.3) is 0 Å². The Bertz CT molecular complexity index is 743. The van der Waals surface area contributed by atoms with Crippen molar-refractivity contribution in [2.45, 2.75) is 0 Å². The molecule has 0 atom stereocenters. The number of hydrazone groups is 1. The van der Waals surface area contributed by atoms with Crippen LogP contribution in [-0.2, 0) is 0 Å². The number of nitrogens with two attached hydrogens (primary N) is 1. The number of hydrogen-bond donors (Lipinski definition) is 1. The fourth-order valence-electron chi connectivity index (χ4n) is 2.07. The van der Waals surface area contributed by atoms with Crippen molar-refractivity contribution in [3.05, 3.63) is 53.6 Å². The van der Waals surface area contributed by atoms with E-state index in [2.05, 4.69) is 5.10 Å². The zero-order valence-electron chi connectivity index (χ0n) is 12.0. The number of carbonyl (C=O) groups excluding carboxylic acids is 1. The van der Waals surface area contributed by atoms with Crippen LogP contribution in [0, 0.1) is 0 Å². The van der Waals surface area contributed by atoms with E-state index in [1.807, 2.05) is 6.07 Å². The molecule has 6 heteroatoms. The minimum atomic E-state index is -0.268. The predicted molar refractivity (Wildman–Crippen MR) is 83.1 cm³/mol. The van der Waals surface area contributed by atoms with Gasteiger partial charge in [0.25, 0.3) is 5.91 Å². The summed E-state index contributed by atoms with van der Waals surface area (Å²) >= 11 is 0. The van der Waals surface area contributed by atoms with Crippen molar-refractivity contribution in [2.24, 2.45) is 5.10 Å². The predicted octanol–water partition coefficient (Wildman–Crippen LogP) is 2.10. The van der Waals surface area contributed by atoms with Gasteiger partial charge in [-0.05, 0) is 35.9 Å². The molecule has 1 aliphatic rings. The fraction of sp³-hybridized carbons (Fsp3) is 0.125. The van der Waals surface area contributed by atoms with Crippen LogP contribution in [0.4, 0.5) is 5.69 Å². The van der Waals surface area contributed by atoms with E-state index in [1.54, 1.807) is 49.7 Å². The van der Waals surface area contributed by atoms with Crippen LogP contribution in [0.1, 0.15) is 15.9 Å². The number of benzene rings is 2. The fourth-order valence-corrected chi connectivity index (χ4v) is 2.07. The van der Waals surface area contributed by atoms with Gasteiger partial charge in [-0.3, -0.25) is 4.79 Å². The highest BCUT2D eigenvalue weighted by Gasteiger charge is 2.14. The van der Waals surface area contributed by atoms with Crippen molar-refractivity contribution in [3.8, 4) is 11.5 Å². The van der Waals surface area contributed by atoms with E-state index >= 15 is 0 Å². The van der Waals surface area contributed by atoms with E-state index in [0.29, 0.717) is 22.7 Å².